The fraction of sp³-hybridized carbons (Fsp3) is 0.200. The molecule has 1 unspecified atom stereocenters. The maximum atomic E-state index is 13.0. The highest BCUT2D eigenvalue weighted by Gasteiger charge is 2.30. The summed E-state index contributed by atoms with van der Waals surface area (Å²) < 4.78 is 2.70. The Hall–Kier alpha value is -3.15. The lowest BCUT2D eigenvalue weighted by molar-refractivity contribution is -0.120. The topological polar surface area (TPSA) is 98.5 Å². The predicted molar refractivity (Wildman–Crippen MR) is 144 cm³/mol. The van der Waals surface area contributed by atoms with Crippen LogP contribution in [0.15, 0.2) is 69.3 Å². The third-order valence-electron chi connectivity index (χ3n) is 6.10. The Balaban J connectivity index is 1.29. The van der Waals surface area contributed by atoms with Crippen LogP contribution in [0.4, 0.5) is 5.69 Å². The first kappa shape index (κ1) is 23.3. The second-order valence-electron chi connectivity index (χ2n) is 8.51. The van der Waals surface area contributed by atoms with Gasteiger partial charge in [-0.2, -0.15) is 4.68 Å². The number of hydrogen-bond donors (Lipinski definition) is 1. The summed E-state index contributed by atoms with van der Waals surface area (Å²) in [5.41, 5.74) is 2.93. The van der Waals surface area contributed by atoms with Gasteiger partial charge in [0.1, 0.15) is 15.7 Å². The summed E-state index contributed by atoms with van der Waals surface area (Å²) in [6, 6.07) is 17.5. The number of rotatable bonds is 5. The molecule has 3 heterocycles. The molecule has 0 saturated carbocycles. The maximum Gasteiger partial charge on any atom is 0.227 e. The number of nitrogens with one attached hydrogen (secondary N) is 1. The number of aryl methyl sites for hydroxylation is 2. The van der Waals surface area contributed by atoms with Crippen LogP contribution in [0, 0.1) is 12.8 Å². The number of fused-ring (bicyclic) bond motifs is 3. The van der Waals surface area contributed by atoms with Crippen LogP contribution in [0.25, 0.3) is 15.9 Å². The minimum absolute atomic E-state index is 0.0549. The zero-order valence-electron chi connectivity index (χ0n) is 19.2. The van der Waals surface area contributed by atoms with E-state index in [9.17, 15) is 4.79 Å². The average Bonchev–Trinajstić information content (AvgIpc) is 3.49. The van der Waals surface area contributed by atoms with Gasteiger partial charge >= 0.3 is 0 Å². The van der Waals surface area contributed by atoms with Crippen molar-refractivity contribution >= 4 is 60.8 Å². The standard InChI is InChI=1S/C25H20BrN7OS2/c1-14-27-23-21(24(28-14)36-25-30-31-32-33(25)18-5-3-2-4-6-18)19-12-7-15(13-20(19)35-23)22(34)29-17-10-8-16(26)9-11-17/h2-6,8-11,15H,7,12-13H2,1H3,(H,29,34). The van der Waals surface area contributed by atoms with Crippen molar-refractivity contribution < 1.29 is 4.79 Å². The summed E-state index contributed by atoms with van der Waals surface area (Å²) in [7, 11) is 0. The molecule has 0 fully saturated rings. The first-order chi connectivity index (χ1) is 17.5. The molecule has 1 atom stereocenters. The van der Waals surface area contributed by atoms with Gasteiger partial charge in [0.05, 0.1) is 5.69 Å². The lowest BCUT2D eigenvalue weighted by Crippen LogP contribution is -2.27. The smallest absolute Gasteiger partial charge is 0.227 e. The highest BCUT2D eigenvalue weighted by molar-refractivity contribution is 9.10. The lowest BCUT2D eigenvalue weighted by Gasteiger charge is -2.21. The van der Waals surface area contributed by atoms with Gasteiger partial charge in [-0.25, -0.2) is 9.97 Å². The van der Waals surface area contributed by atoms with Crippen molar-refractivity contribution in [3.8, 4) is 5.69 Å². The Bertz CT molecular complexity index is 1570. The van der Waals surface area contributed by atoms with Gasteiger partial charge in [0.25, 0.3) is 0 Å². The molecular formula is C25H20BrN7OS2. The summed E-state index contributed by atoms with van der Waals surface area (Å²) >= 11 is 6.54. The zero-order valence-corrected chi connectivity index (χ0v) is 22.4. The summed E-state index contributed by atoms with van der Waals surface area (Å²) in [5.74, 6) is 0.677. The number of para-hydroxylation sites is 1. The van der Waals surface area contributed by atoms with Gasteiger partial charge < -0.3 is 5.32 Å². The van der Waals surface area contributed by atoms with Gasteiger partial charge in [0.15, 0.2) is 0 Å². The third kappa shape index (κ3) is 4.54. The molecule has 6 rings (SSSR count). The second kappa shape index (κ2) is 9.72. The van der Waals surface area contributed by atoms with Crippen LogP contribution in [0.5, 0.6) is 0 Å². The van der Waals surface area contributed by atoms with E-state index in [1.165, 1.54) is 22.2 Å². The van der Waals surface area contributed by atoms with E-state index in [1.807, 2.05) is 61.5 Å². The number of nitrogens with zero attached hydrogens (tertiary/aromatic N) is 6. The van der Waals surface area contributed by atoms with Gasteiger partial charge in [-0.15, -0.1) is 16.4 Å². The molecule has 1 aliphatic rings. The van der Waals surface area contributed by atoms with Crippen LogP contribution in [0.3, 0.4) is 0 Å². The molecule has 2 aromatic carbocycles. The molecule has 5 aromatic rings. The van der Waals surface area contributed by atoms with E-state index in [1.54, 1.807) is 16.0 Å². The van der Waals surface area contributed by atoms with Crippen LogP contribution in [0.2, 0.25) is 0 Å². The molecule has 0 spiro atoms. The van der Waals surface area contributed by atoms with Crippen LogP contribution < -0.4 is 5.32 Å². The van der Waals surface area contributed by atoms with E-state index >= 15 is 0 Å². The molecule has 0 bridgehead atoms. The Kier molecular flexibility index (Phi) is 6.28. The SMILES string of the molecule is Cc1nc(Sc2nnnn2-c2ccccc2)c2c3c(sc2n1)CC(C(=O)Nc1ccc(Br)cc1)CC3. The monoisotopic (exact) mass is 577 g/mol. The first-order valence-electron chi connectivity index (χ1n) is 11.4. The van der Waals surface area contributed by atoms with Gasteiger partial charge in [0, 0.05) is 26.3 Å². The van der Waals surface area contributed by atoms with E-state index in [0.29, 0.717) is 17.4 Å². The fourth-order valence-corrected chi connectivity index (χ4v) is 7.03. The molecule has 1 amide bonds. The average molecular weight is 579 g/mol. The van der Waals surface area contributed by atoms with Crippen molar-refractivity contribution in [2.24, 2.45) is 5.92 Å². The number of benzene rings is 2. The molecular weight excluding hydrogens is 558 g/mol. The van der Waals surface area contributed by atoms with Crippen molar-refractivity contribution in [2.75, 3.05) is 5.32 Å². The van der Waals surface area contributed by atoms with Crippen LogP contribution in [-0.2, 0) is 17.6 Å². The van der Waals surface area contributed by atoms with E-state index < -0.39 is 0 Å². The van der Waals surface area contributed by atoms with Gasteiger partial charge in [0.2, 0.25) is 11.1 Å². The van der Waals surface area contributed by atoms with Crippen molar-refractivity contribution in [1.29, 1.82) is 0 Å². The Labute approximate surface area is 223 Å². The van der Waals surface area contributed by atoms with Crippen LogP contribution in [0.1, 0.15) is 22.7 Å². The number of aromatic nitrogens is 6. The number of carbonyl (C=O) groups excluding carboxylic acids is 1. The van der Waals surface area contributed by atoms with E-state index in [2.05, 4.69) is 36.8 Å². The summed E-state index contributed by atoms with van der Waals surface area (Å²) in [6.45, 7) is 1.90. The maximum absolute atomic E-state index is 13.0. The van der Waals surface area contributed by atoms with Crippen molar-refractivity contribution in [3.63, 3.8) is 0 Å². The zero-order chi connectivity index (χ0) is 24.6. The molecule has 11 heteroatoms. The first-order valence-corrected chi connectivity index (χ1v) is 13.8. The van der Waals surface area contributed by atoms with Crippen LogP contribution >= 0.6 is 39.0 Å². The molecule has 8 nitrogen and oxygen atoms in total. The highest BCUT2D eigenvalue weighted by Crippen LogP contribution is 2.42. The van der Waals surface area contributed by atoms with Crippen LogP contribution in [-0.4, -0.2) is 36.1 Å². The molecule has 3 aromatic heterocycles. The van der Waals surface area contributed by atoms with Crippen molar-refractivity contribution in [3.05, 3.63) is 75.3 Å². The van der Waals surface area contributed by atoms with E-state index in [-0.39, 0.29) is 11.8 Å². The van der Waals surface area contributed by atoms with Crippen molar-refractivity contribution in [2.45, 2.75) is 36.4 Å². The second-order valence-corrected chi connectivity index (χ2v) is 11.5. The Morgan fingerprint density at radius 2 is 1.94 bits per heavy atom. The number of amides is 1. The van der Waals surface area contributed by atoms with E-state index in [4.69, 9.17) is 9.97 Å². The third-order valence-corrected chi connectivity index (χ3v) is 8.70. The lowest BCUT2D eigenvalue weighted by atomic mass is 9.87. The summed E-state index contributed by atoms with van der Waals surface area (Å²) in [4.78, 5) is 24.7. The number of anilines is 1. The number of carbonyl (C=O) groups is 1. The van der Waals surface area contributed by atoms with Gasteiger partial charge in [-0.1, -0.05) is 34.1 Å². The van der Waals surface area contributed by atoms with E-state index in [0.717, 1.165) is 43.9 Å². The molecule has 0 aliphatic heterocycles. The molecule has 1 N–H and O–H groups in total. The molecule has 0 saturated heterocycles. The quantitative estimate of drug-likeness (QED) is 0.270. The highest BCUT2D eigenvalue weighted by atomic mass is 79.9. The normalized spacial score (nSPS) is 15.1. The molecule has 36 heavy (non-hydrogen) atoms. The summed E-state index contributed by atoms with van der Waals surface area (Å²) in [5, 5.41) is 17.9. The number of halogens is 1. The van der Waals surface area contributed by atoms with Gasteiger partial charge in [-0.05, 0) is 90.3 Å². The van der Waals surface area contributed by atoms with Gasteiger partial charge in [-0.3, -0.25) is 4.79 Å². The molecule has 1 aliphatic carbocycles. The minimum atomic E-state index is -0.0789. The number of tetrazole rings is 1. The predicted octanol–water partition coefficient (Wildman–Crippen LogP) is 5.63. The number of hydrogen-bond acceptors (Lipinski definition) is 8. The summed E-state index contributed by atoms with van der Waals surface area (Å²) in [6.07, 6.45) is 2.28. The Morgan fingerprint density at radius 1 is 1.14 bits per heavy atom. The van der Waals surface area contributed by atoms with Crippen molar-refractivity contribution in [1.82, 2.24) is 30.2 Å². The molecule has 0 radical (unpaired) electrons. The minimum Gasteiger partial charge on any atom is -0.326 e. The largest absolute Gasteiger partial charge is 0.326 e. The fourth-order valence-electron chi connectivity index (χ4n) is 4.38. The Morgan fingerprint density at radius 3 is 2.75 bits per heavy atom. The molecule has 180 valence electrons. The number of thiophene rings is 1.